The molecule has 27 heavy (non-hydrogen) atoms. The van der Waals surface area contributed by atoms with Crippen molar-refractivity contribution in [1.82, 2.24) is 20.4 Å². The van der Waals surface area contributed by atoms with Gasteiger partial charge in [0.1, 0.15) is 15.9 Å². The van der Waals surface area contributed by atoms with Crippen LogP contribution in [0.15, 0.2) is 41.4 Å². The van der Waals surface area contributed by atoms with Gasteiger partial charge in [-0.05, 0) is 31.2 Å². The molecule has 0 bridgehead atoms. The summed E-state index contributed by atoms with van der Waals surface area (Å²) in [5.74, 6) is -1.17. The number of carbonyl (C=O) groups excluding carboxylic acids is 2. The number of carbonyl (C=O) groups is 2. The molecule has 0 unspecified atom stereocenters. The Morgan fingerprint density at radius 3 is 2.56 bits per heavy atom. The second-order valence-corrected chi connectivity index (χ2v) is 7.33. The van der Waals surface area contributed by atoms with Crippen LogP contribution in [0.5, 0.6) is 0 Å². The minimum Gasteiger partial charge on any atom is -0.305 e. The lowest BCUT2D eigenvalue weighted by Gasteiger charge is -2.05. The number of hydrogen-bond acceptors (Lipinski definition) is 8. The molecule has 2 N–H and O–H groups in total. The number of aromatic nitrogens is 4. The molecule has 0 fully saturated rings. The zero-order chi connectivity index (χ0) is 19.2. The fourth-order valence-electron chi connectivity index (χ4n) is 1.93. The SMILES string of the molecule is Cc1nnc(NC(=O)CSc2ccc(NC(=O)c3ccccc3F)nn2)s1. The number of nitrogens with one attached hydrogen (secondary N) is 2. The summed E-state index contributed by atoms with van der Waals surface area (Å²) in [6.45, 7) is 1.80. The van der Waals surface area contributed by atoms with Crippen molar-refractivity contribution in [2.24, 2.45) is 0 Å². The Bertz CT molecular complexity index is 964. The van der Waals surface area contributed by atoms with E-state index in [1.54, 1.807) is 19.1 Å². The molecular formula is C16H13FN6O2S2. The number of rotatable bonds is 6. The fourth-order valence-corrected chi connectivity index (χ4v) is 3.16. The summed E-state index contributed by atoms with van der Waals surface area (Å²) in [7, 11) is 0. The number of aryl methyl sites for hydroxylation is 1. The zero-order valence-electron chi connectivity index (χ0n) is 14.0. The van der Waals surface area contributed by atoms with Gasteiger partial charge in [-0.2, -0.15) is 0 Å². The molecule has 0 radical (unpaired) electrons. The third-order valence-corrected chi connectivity index (χ3v) is 4.80. The summed E-state index contributed by atoms with van der Waals surface area (Å²) < 4.78 is 13.6. The molecule has 0 aliphatic heterocycles. The molecule has 2 heterocycles. The van der Waals surface area contributed by atoms with Crippen LogP contribution in [0.2, 0.25) is 0 Å². The summed E-state index contributed by atoms with van der Waals surface area (Å²) in [5, 5.41) is 22.2. The predicted octanol–water partition coefficient (Wildman–Crippen LogP) is 2.76. The van der Waals surface area contributed by atoms with Crippen molar-refractivity contribution in [2.45, 2.75) is 11.9 Å². The van der Waals surface area contributed by atoms with Gasteiger partial charge in [0, 0.05) is 0 Å². The van der Waals surface area contributed by atoms with Crippen LogP contribution in [0.4, 0.5) is 15.3 Å². The average Bonchev–Trinajstić information content (AvgIpc) is 3.06. The zero-order valence-corrected chi connectivity index (χ0v) is 15.6. The van der Waals surface area contributed by atoms with Crippen molar-refractivity contribution >= 4 is 45.9 Å². The second-order valence-electron chi connectivity index (χ2n) is 5.15. The third-order valence-electron chi connectivity index (χ3n) is 3.12. The van der Waals surface area contributed by atoms with E-state index in [2.05, 4.69) is 31.0 Å². The first kappa shape index (κ1) is 18.9. The van der Waals surface area contributed by atoms with Crippen LogP contribution >= 0.6 is 23.1 Å². The maximum atomic E-state index is 13.6. The van der Waals surface area contributed by atoms with Crippen LogP contribution in [0.1, 0.15) is 15.4 Å². The maximum Gasteiger partial charge on any atom is 0.259 e. The van der Waals surface area contributed by atoms with Crippen molar-refractivity contribution in [3.05, 3.63) is 52.8 Å². The van der Waals surface area contributed by atoms with Gasteiger partial charge in [0.2, 0.25) is 11.0 Å². The van der Waals surface area contributed by atoms with Gasteiger partial charge in [-0.1, -0.05) is 35.2 Å². The molecule has 2 aromatic heterocycles. The number of amides is 2. The van der Waals surface area contributed by atoms with Crippen molar-refractivity contribution in [3.63, 3.8) is 0 Å². The van der Waals surface area contributed by atoms with E-state index in [0.29, 0.717) is 10.2 Å². The summed E-state index contributed by atoms with van der Waals surface area (Å²) in [4.78, 5) is 23.9. The Kier molecular flexibility index (Phi) is 6.04. The molecule has 0 saturated heterocycles. The summed E-state index contributed by atoms with van der Waals surface area (Å²) in [5.41, 5.74) is -0.0821. The lowest BCUT2D eigenvalue weighted by atomic mass is 10.2. The van der Waals surface area contributed by atoms with Gasteiger partial charge >= 0.3 is 0 Å². The Balaban J connectivity index is 1.52. The topological polar surface area (TPSA) is 110 Å². The Labute approximate surface area is 161 Å². The molecule has 8 nitrogen and oxygen atoms in total. The van der Waals surface area contributed by atoms with E-state index >= 15 is 0 Å². The van der Waals surface area contributed by atoms with Gasteiger partial charge in [0.05, 0.1) is 11.3 Å². The molecule has 138 valence electrons. The van der Waals surface area contributed by atoms with Crippen molar-refractivity contribution < 1.29 is 14.0 Å². The first-order valence-corrected chi connectivity index (χ1v) is 9.44. The average molecular weight is 404 g/mol. The highest BCUT2D eigenvalue weighted by Gasteiger charge is 2.12. The van der Waals surface area contributed by atoms with Gasteiger partial charge in [-0.15, -0.1) is 20.4 Å². The van der Waals surface area contributed by atoms with Crippen LogP contribution in [-0.2, 0) is 4.79 Å². The standard InChI is InChI=1S/C16H13FN6O2S2/c1-9-20-23-16(27-9)19-13(24)8-26-14-7-6-12(21-22-14)18-15(25)10-4-2-3-5-11(10)17/h2-7H,8H2,1H3,(H,18,21,25)(H,19,23,24). The fraction of sp³-hybridized carbons (Fsp3) is 0.125. The van der Waals surface area contributed by atoms with Gasteiger partial charge < -0.3 is 5.32 Å². The smallest absolute Gasteiger partial charge is 0.259 e. The molecule has 3 rings (SSSR count). The predicted molar refractivity (Wildman–Crippen MR) is 100 cm³/mol. The van der Waals surface area contributed by atoms with E-state index < -0.39 is 11.7 Å². The lowest BCUT2D eigenvalue weighted by Crippen LogP contribution is -2.15. The number of nitrogens with zero attached hydrogens (tertiary/aromatic N) is 4. The lowest BCUT2D eigenvalue weighted by molar-refractivity contribution is -0.113. The first-order valence-electron chi connectivity index (χ1n) is 7.63. The highest BCUT2D eigenvalue weighted by atomic mass is 32.2. The second kappa shape index (κ2) is 8.64. The van der Waals surface area contributed by atoms with Crippen LogP contribution in [0.3, 0.4) is 0 Å². The highest BCUT2D eigenvalue weighted by molar-refractivity contribution is 7.99. The molecule has 2 amide bonds. The Morgan fingerprint density at radius 1 is 1.07 bits per heavy atom. The van der Waals surface area contributed by atoms with E-state index in [-0.39, 0.29) is 23.0 Å². The number of thioether (sulfide) groups is 1. The van der Waals surface area contributed by atoms with Crippen LogP contribution in [0, 0.1) is 12.7 Å². The largest absolute Gasteiger partial charge is 0.305 e. The van der Waals surface area contributed by atoms with E-state index in [0.717, 1.165) is 5.01 Å². The van der Waals surface area contributed by atoms with Crippen LogP contribution < -0.4 is 10.6 Å². The number of benzene rings is 1. The van der Waals surface area contributed by atoms with Gasteiger partial charge in [0.25, 0.3) is 5.91 Å². The first-order chi connectivity index (χ1) is 13.0. The molecule has 1 aromatic carbocycles. The molecule has 0 saturated carbocycles. The quantitative estimate of drug-likeness (QED) is 0.608. The molecular weight excluding hydrogens is 391 g/mol. The van der Waals surface area contributed by atoms with Gasteiger partial charge in [0.15, 0.2) is 5.82 Å². The van der Waals surface area contributed by atoms with Crippen LogP contribution in [0.25, 0.3) is 0 Å². The van der Waals surface area contributed by atoms with Gasteiger partial charge in [-0.25, -0.2) is 4.39 Å². The minimum absolute atomic E-state index is 0.0821. The molecule has 0 aliphatic rings. The number of anilines is 2. The summed E-state index contributed by atoms with van der Waals surface area (Å²) in [6, 6.07) is 8.78. The molecule has 11 heteroatoms. The summed E-state index contributed by atoms with van der Waals surface area (Å²) in [6.07, 6.45) is 0. The Hall–Kier alpha value is -2.92. The van der Waals surface area contributed by atoms with E-state index in [9.17, 15) is 14.0 Å². The van der Waals surface area contributed by atoms with Crippen LogP contribution in [-0.4, -0.2) is 38.0 Å². The van der Waals surface area contributed by atoms with Gasteiger partial charge in [-0.3, -0.25) is 14.9 Å². The summed E-state index contributed by atoms with van der Waals surface area (Å²) >= 11 is 2.47. The number of halogens is 1. The number of hydrogen-bond donors (Lipinski definition) is 2. The van der Waals surface area contributed by atoms with Crippen molar-refractivity contribution in [3.8, 4) is 0 Å². The molecule has 0 atom stereocenters. The van der Waals surface area contributed by atoms with Crippen molar-refractivity contribution in [1.29, 1.82) is 0 Å². The van der Waals surface area contributed by atoms with E-state index in [1.165, 1.54) is 47.4 Å². The minimum atomic E-state index is -0.619. The normalized spacial score (nSPS) is 10.4. The highest BCUT2D eigenvalue weighted by Crippen LogP contribution is 2.18. The monoisotopic (exact) mass is 404 g/mol. The molecule has 3 aromatic rings. The Morgan fingerprint density at radius 2 is 1.89 bits per heavy atom. The molecule has 0 spiro atoms. The van der Waals surface area contributed by atoms with Crippen molar-refractivity contribution in [2.75, 3.05) is 16.4 Å². The van der Waals surface area contributed by atoms with E-state index in [4.69, 9.17) is 0 Å². The maximum absolute atomic E-state index is 13.6. The molecule has 0 aliphatic carbocycles. The van der Waals surface area contributed by atoms with E-state index in [1.807, 2.05) is 0 Å². The third kappa shape index (κ3) is 5.28.